The molecular formula is C20H19ClO2. The second-order valence-electron chi connectivity index (χ2n) is 4.68. The predicted octanol–water partition coefficient (Wildman–Crippen LogP) is 6.17. The van der Waals surface area contributed by atoms with Gasteiger partial charge in [0.1, 0.15) is 11.3 Å². The van der Waals surface area contributed by atoms with Crippen LogP contribution in [0.5, 0.6) is 0 Å². The van der Waals surface area contributed by atoms with Gasteiger partial charge in [-0.05, 0) is 42.8 Å². The number of allylic oxidation sites excluding steroid dienone is 1. The van der Waals surface area contributed by atoms with E-state index in [2.05, 4.69) is 0 Å². The molecule has 1 aromatic heterocycles. The molecule has 0 aliphatic rings. The molecule has 0 N–H and O–H groups in total. The number of halogens is 1. The normalized spacial score (nSPS) is 10.6. The number of hydrogen-bond acceptors (Lipinski definition) is 2. The lowest BCUT2D eigenvalue weighted by Crippen LogP contribution is -2.07. The summed E-state index contributed by atoms with van der Waals surface area (Å²) in [5.41, 5.74) is 1.83. The second kappa shape index (κ2) is 7.80. The van der Waals surface area contributed by atoms with Crippen LogP contribution in [0.1, 0.15) is 26.5 Å². The van der Waals surface area contributed by atoms with Crippen LogP contribution in [0.25, 0.3) is 28.2 Å². The van der Waals surface area contributed by atoms with Gasteiger partial charge in [0, 0.05) is 5.02 Å². The van der Waals surface area contributed by atoms with E-state index in [0.717, 1.165) is 5.56 Å². The highest BCUT2D eigenvalue weighted by molar-refractivity contribution is 6.30. The van der Waals surface area contributed by atoms with Crippen molar-refractivity contribution in [3.05, 3.63) is 75.6 Å². The summed E-state index contributed by atoms with van der Waals surface area (Å²) in [6, 6.07) is 14.5. The van der Waals surface area contributed by atoms with Crippen LogP contribution < -0.4 is 5.43 Å². The molecule has 3 aromatic rings. The van der Waals surface area contributed by atoms with E-state index >= 15 is 0 Å². The van der Waals surface area contributed by atoms with E-state index < -0.39 is 0 Å². The van der Waals surface area contributed by atoms with Crippen LogP contribution in [0.15, 0.2) is 63.8 Å². The van der Waals surface area contributed by atoms with Gasteiger partial charge in [-0.25, -0.2) is 0 Å². The van der Waals surface area contributed by atoms with E-state index in [-0.39, 0.29) is 5.43 Å². The monoisotopic (exact) mass is 326 g/mol. The number of fused-ring (bicyclic) bond motifs is 1. The zero-order valence-electron chi connectivity index (χ0n) is 13.5. The molecule has 118 valence electrons. The van der Waals surface area contributed by atoms with Crippen LogP contribution >= 0.6 is 11.6 Å². The van der Waals surface area contributed by atoms with E-state index in [4.69, 9.17) is 16.0 Å². The van der Waals surface area contributed by atoms with Crippen molar-refractivity contribution in [3.63, 3.8) is 0 Å². The minimum Gasteiger partial charge on any atom is -0.456 e. The summed E-state index contributed by atoms with van der Waals surface area (Å²) < 4.78 is 5.88. The molecule has 0 bridgehead atoms. The van der Waals surface area contributed by atoms with E-state index in [0.29, 0.717) is 27.3 Å². The molecule has 0 aliphatic heterocycles. The van der Waals surface area contributed by atoms with Crippen molar-refractivity contribution >= 4 is 28.6 Å². The molecule has 0 fully saturated rings. The second-order valence-corrected chi connectivity index (χ2v) is 5.11. The van der Waals surface area contributed by atoms with Crippen LogP contribution in [0.3, 0.4) is 0 Å². The van der Waals surface area contributed by atoms with Crippen molar-refractivity contribution in [2.75, 3.05) is 0 Å². The number of hydrogen-bond donors (Lipinski definition) is 0. The maximum absolute atomic E-state index is 12.8. The molecule has 0 radical (unpaired) electrons. The maximum atomic E-state index is 12.8. The lowest BCUT2D eigenvalue weighted by Gasteiger charge is -2.07. The van der Waals surface area contributed by atoms with Crippen molar-refractivity contribution in [1.82, 2.24) is 0 Å². The lowest BCUT2D eigenvalue weighted by molar-refractivity contribution is 0.593. The van der Waals surface area contributed by atoms with Crippen molar-refractivity contribution in [3.8, 4) is 11.1 Å². The highest BCUT2D eigenvalue weighted by Crippen LogP contribution is 2.27. The van der Waals surface area contributed by atoms with Crippen LogP contribution in [0.2, 0.25) is 5.02 Å². The number of rotatable bonds is 2. The summed E-state index contributed by atoms with van der Waals surface area (Å²) in [5, 5.41) is 1.16. The average Bonchev–Trinajstić information content (AvgIpc) is 2.57. The Morgan fingerprint density at radius 1 is 1.04 bits per heavy atom. The highest BCUT2D eigenvalue weighted by Gasteiger charge is 2.14. The van der Waals surface area contributed by atoms with Crippen LogP contribution in [-0.2, 0) is 0 Å². The third-order valence-corrected chi connectivity index (χ3v) is 3.49. The number of benzene rings is 2. The Kier molecular flexibility index (Phi) is 5.78. The van der Waals surface area contributed by atoms with Crippen molar-refractivity contribution in [2.24, 2.45) is 0 Å². The van der Waals surface area contributed by atoms with Gasteiger partial charge < -0.3 is 4.42 Å². The van der Waals surface area contributed by atoms with Gasteiger partial charge >= 0.3 is 0 Å². The molecule has 0 unspecified atom stereocenters. The topological polar surface area (TPSA) is 30.2 Å². The molecule has 2 aromatic carbocycles. The molecule has 3 rings (SSSR count). The summed E-state index contributed by atoms with van der Waals surface area (Å²) in [5.74, 6) is 0.545. The van der Waals surface area contributed by atoms with Crippen LogP contribution in [0.4, 0.5) is 0 Å². The van der Waals surface area contributed by atoms with Crippen molar-refractivity contribution in [1.29, 1.82) is 0 Å². The molecule has 0 atom stereocenters. The van der Waals surface area contributed by atoms with Gasteiger partial charge in [-0.2, -0.15) is 0 Å². The third kappa shape index (κ3) is 3.54. The van der Waals surface area contributed by atoms with E-state index in [9.17, 15) is 4.79 Å². The zero-order valence-corrected chi connectivity index (χ0v) is 14.2. The average molecular weight is 327 g/mol. The van der Waals surface area contributed by atoms with Gasteiger partial charge in [-0.1, -0.05) is 55.8 Å². The Bertz CT molecular complexity index is 892. The molecule has 23 heavy (non-hydrogen) atoms. The molecule has 2 nitrogen and oxygen atoms in total. The smallest absolute Gasteiger partial charge is 0.201 e. The minimum atomic E-state index is -0.0489. The Balaban J connectivity index is 0.000000924. The molecule has 0 amide bonds. The lowest BCUT2D eigenvalue weighted by atomic mass is 10.0. The Hall–Kier alpha value is -2.32. The first-order chi connectivity index (χ1) is 11.2. The summed E-state index contributed by atoms with van der Waals surface area (Å²) in [6.45, 7) is 5.89. The summed E-state index contributed by atoms with van der Waals surface area (Å²) in [6.07, 6.45) is 3.64. The Morgan fingerprint density at radius 2 is 1.78 bits per heavy atom. The van der Waals surface area contributed by atoms with Gasteiger partial charge in [0.05, 0.1) is 10.9 Å². The molecular weight excluding hydrogens is 308 g/mol. The first-order valence-corrected chi connectivity index (χ1v) is 8.03. The fourth-order valence-corrected chi connectivity index (χ4v) is 2.54. The largest absolute Gasteiger partial charge is 0.456 e. The molecule has 0 aliphatic carbocycles. The Labute approximate surface area is 141 Å². The van der Waals surface area contributed by atoms with Gasteiger partial charge in [0.15, 0.2) is 0 Å². The van der Waals surface area contributed by atoms with Gasteiger partial charge in [0.2, 0.25) is 5.43 Å². The minimum absolute atomic E-state index is 0.0489. The number of para-hydroxylation sites is 1. The molecule has 0 saturated heterocycles. The van der Waals surface area contributed by atoms with Crippen molar-refractivity contribution in [2.45, 2.75) is 20.8 Å². The van der Waals surface area contributed by atoms with E-state index in [1.165, 1.54) is 0 Å². The standard InChI is InChI=1S/C18H13ClO2.C2H6/c1-2-6-16-17(12-7-5-8-13(19)11-12)18(20)14-9-3-4-10-15(14)21-16;1-2/h2-11H,1H3;1-2H3/b6-2-;. The first kappa shape index (κ1) is 17.0. The quantitative estimate of drug-likeness (QED) is 0.563. The fourth-order valence-electron chi connectivity index (χ4n) is 2.35. The third-order valence-electron chi connectivity index (χ3n) is 3.26. The van der Waals surface area contributed by atoms with E-state index in [1.807, 2.05) is 51.1 Å². The van der Waals surface area contributed by atoms with E-state index in [1.54, 1.807) is 30.3 Å². The first-order valence-electron chi connectivity index (χ1n) is 7.65. The predicted molar refractivity (Wildman–Crippen MR) is 99.0 cm³/mol. The molecule has 0 spiro atoms. The Morgan fingerprint density at radius 3 is 2.48 bits per heavy atom. The van der Waals surface area contributed by atoms with Gasteiger partial charge in [-0.3, -0.25) is 4.79 Å². The maximum Gasteiger partial charge on any atom is 0.201 e. The summed E-state index contributed by atoms with van der Waals surface area (Å²) in [7, 11) is 0. The molecule has 3 heteroatoms. The van der Waals surface area contributed by atoms with Crippen LogP contribution in [0, 0.1) is 0 Å². The molecule has 0 saturated carbocycles. The molecule has 1 heterocycles. The summed E-state index contributed by atoms with van der Waals surface area (Å²) in [4.78, 5) is 12.8. The fraction of sp³-hybridized carbons (Fsp3) is 0.150. The van der Waals surface area contributed by atoms with Crippen molar-refractivity contribution < 1.29 is 4.42 Å². The summed E-state index contributed by atoms with van der Waals surface area (Å²) >= 11 is 6.04. The SMILES string of the molecule is C/C=C\c1oc2ccccc2c(=O)c1-c1cccc(Cl)c1.CC. The highest BCUT2D eigenvalue weighted by atomic mass is 35.5. The van der Waals surface area contributed by atoms with Crippen LogP contribution in [-0.4, -0.2) is 0 Å². The van der Waals surface area contributed by atoms with Gasteiger partial charge in [-0.15, -0.1) is 0 Å². The zero-order chi connectivity index (χ0) is 16.8. The van der Waals surface area contributed by atoms with Gasteiger partial charge in [0.25, 0.3) is 0 Å².